The standard InChI is InChI=1S/C12H19NO3/c1-13-10(14)2-3-11(13)4-6-12(7-5-11)15-8-9-16-12/h2-9H2,1H3. The molecule has 3 fully saturated rings. The zero-order valence-corrected chi connectivity index (χ0v) is 9.83. The topological polar surface area (TPSA) is 38.8 Å². The first-order valence-electron chi connectivity index (χ1n) is 6.21. The molecule has 90 valence electrons. The molecule has 0 unspecified atom stereocenters. The smallest absolute Gasteiger partial charge is 0.222 e. The van der Waals surface area contributed by atoms with Crippen molar-refractivity contribution in [3.05, 3.63) is 0 Å². The molecule has 1 aliphatic carbocycles. The first-order valence-corrected chi connectivity index (χ1v) is 6.21. The third-order valence-corrected chi connectivity index (χ3v) is 4.65. The van der Waals surface area contributed by atoms with E-state index in [1.165, 1.54) is 0 Å². The fraction of sp³-hybridized carbons (Fsp3) is 0.917. The van der Waals surface area contributed by atoms with Gasteiger partial charge in [-0.05, 0) is 19.3 Å². The van der Waals surface area contributed by atoms with Crippen LogP contribution in [0.5, 0.6) is 0 Å². The van der Waals surface area contributed by atoms with Crippen molar-refractivity contribution >= 4 is 5.91 Å². The van der Waals surface area contributed by atoms with E-state index >= 15 is 0 Å². The summed E-state index contributed by atoms with van der Waals surface area (Å²) in [6, 6.07) is 0. The number of nitrogens with zero attached hydrogens (tertiary/aromatic N) is 1. The molecule has 1 saturated carbocycles. The van der Waals surface area contributed by atoms with Gasteiger partial charge in [0.05, 0.1) is 13.2 Å². The Morgan fingerprint density at radius 1 is 1.06 bits per heavy atom. The quantitative estimate of drug-likeness (QED) is 0.623. The highest BCUT2D eigenvalue weighted by Crippen LogP contribution is 2.47. The lowest BCUT2D eigenvalue weighted by Crippen LogP contribution is -2.50. The predicted octanol–water partition coefficient (Wildman–Crippen LogP) is 1.29. The highest BCUT2D eigenvalue weighted by molar-refractivity contribution is 5.79. The Hall–Kier alpha value is -0.610. The van der Waals surface area contributed by atoms with Crippen LogP contribution in [0.2, 0.25) is 0 Å². The van der Waals surface area contributed by atoms with Crippen LogP contribution in [0.1, 0.15) is 38.5 Å². The largest absolute Gasteiger partial charge is 0.348 e. The maximum absolute atomic E-state index is 11.6. The second kappa shape index (κ2) is 3.44. The van der Waals surface area contributed by atoms with Gasteiger partial charge in [0.2, 0.25) is 5.91 Å². The third kappa shape index (κ3) is 1.39. The van der Waals surface area contributed by atoms with Crippen molar-refractivity contribution in [3.8, 4) is 0 Å². The van der Waals surface area contributed by atoms with Gasteiger partial charge >= 0.3 is 0 Å². The number of hydrogen-bond donors (Lipinski definition) is 0. The summed E-state index contributed by atoms with van der Waals surface area (Å²) < 4.78 is 11.4. The van der Waals surface area contributed by atoms with E-state index in [2.05, 4.69) is 0 Å². The molecule has 4 heteroatoms. The number of ether oxygens (including phenoxy) is 2. The molecular weight excluding hydrogens is 206 g/mol. The van der Waals surface area contributed by atoms with Gasteiger partial charge in [-0.2, -0.15) is 0 Å². The van der Waals surface area contributed by atoms with Crippen LogP contribution in [0.15, 0.2) is 0 Å². The molecule has 4 nitrogen and oxygen atoms in total. The molecular formula is C12H19NO3. The van der Waals surface area contributed by atoms with Crippen LogP contribution in [0, 0.1) is 0 Å². The molecule has 0 radical (unpaired) electrons. The van der Waals surface area contributed by atoms with Gasteiger partial charge < -0.3 is 14.4 Å². The summed E-state index contributed by atoms with van der Waals surface area (Å²) in [5.41, 5.74) is 0.109. The molecule has 2 saturated heterocycles. The average Bonchev–Trinajstić information content (AvgIpc) is 2.85. The summed E-state index contributed by atoms with van der Waals surface area (Å²) >= 11 is 0. The number of amides is 1. The number of likely N-dealkylation sites (tertiary alicyclic amines) is 1. The summed E-state index contributed by atoms with van der Waals surface area (Å²) in [4.78, 5) is 13.6. The molecule has 0 bridgehead atoms. The zero-order valence-electron chi connectivity index (χ0n) is 9.83. The van der Waals surface area contributed by atoms with E-state index in [-0.39, 0.29) is 11.3 Å². The maximum atomic E-state index is 11.6. The Morgan fingerprint density at radius 3 is 2.19 bits per heavy atom. The number of carbonyl (C=O) groups is 1. The van der Waals surface area contributed by atoms with Gasteiger partial charge in [-0.1, -0.05) is 0 Å². The van der Waals surface area contributed by atoms with Gasteiger partial charge in [-0.15, -0.1) is 0 Å². The predicted molar refractivity (Wildman–Crippen MR) is 57.8 cm³/mol. The van der Waals surface area contributed by atoms with Gasteiger partial charge in [0, 0.05) is 31.8 Å². The zero-order chi connectivity index (χ0) is 11.2. The van der Waals surface area contributed by atoms with Crippen molar-refractivity contribution in [2.24, 2.45) is 0 Å². The van der Waals surface area contributed by atoms with Crippen molar-refractivity contribution in [2.45, 2.75) is 49.9 Å². The number of carbonyl (C=O) groups excluding carboxylic acids is 1. The first-order chi connectivity index (χ1) is 7.66. The molecule has 16 heavy (non-hydrogen) atoms. The maximum Gasteiger partial charge on any atom is 0.222 e. The van der Waals surface area contributed by atoms with Gasteiger partial charge in [-0.3, -0.25) is 4.79 Å². The van der Waals surface area contributed by atoms with E-state index < -0.39 is 0 Å². The van der Waals surface area contributed by atoms with Crippen LogP contribution >= 0.6 is 0 Å². The molecule has 0 aromatic rings. The lowest BCUT2D eigenvalue weighted by molar-refractivity contribution is -0.191. The van der Waals surface area contributed by atoms with Crippen LogP contribution in [0.25, 0.3) is 0 Å². The van der Waals surface area contributed by atoms with Crippen LogP contribution in [-0.2, 0) is 14.3 Å². The van der Waals surface area contributed by atoms with E-state index in [0.29, 0.717) is 12.3 Å². The van der Waals surface area contributed by atoms with E-state index in [1.807, 2.05) is 11.9 Å². The fourth-order valence-electron chi connectivity index (χ4n) is 3.41. The number of hydrogen-bond acceptors (Lipinski definition) is 3. The van der Waals surface area contributed by atoms with Gasteiger partial charge in [0.15, 0.2) is 5.79 Å². The Morgan fingerprint density at radius 2 is 1.69 bits per heavy atom. The molecule has 0 aromatic carbocycles. The van der Waals surface area contributed by atoms with Crippen LogP contribution in [-0.4, -0.2) is 42.4 Å². The average molecular weight is 225 g/mol. The van der Waals surface area contributed by atoms with Crippen molar-refractivity contribution in [3.63, 3.8) is 0 Å². The van der Waals surface area contributed by atoms with Crippen molar-refractivity contribution < 1.29 is 14.3 Å². The highest BCUT2D eigenvalue weighted by Gasteiger charge is 2.51. The minimum absolute atomic E-state index is 0.109. The van der Waals surface area contributed by atoms with E-state index in [0.717, 1.165) is 45.3 Å². The normalized spacial score (nSPS) is 31.8. The first kappa shape index (κ1) is 10.5. The molecule has 3 aliphatic rings. The van der Waals surface area contributed by atoms with Crippen LogP contribution < -0.4 is 0 Å². The Balaban J connectivity index is 1.72. The minimum Gasteiger partial charge on any atom is -0.348 e. The Labute approximate surface area is 95.9 Å². The van der Waals surface area contributed by atoms with Gasteiger partial charge in [0.1, 0.15) is 0 Å². The van der Waals surface area contributed by atoms with E-state index in [1.54, 1.807) is 0 Å². The van der Waals surface area contributed by atoms with Crippen LogP contribution in [0.3, 0.4) is 0 Å². The minimum atomic E-state index is -0.308. The second-order valence-electron chi connectivity index (χ2n) is 5.28. The monoisotopic (exact) mass is 225 g/mol. The molecule has 2 aliphatic heterocycles. The Bertz CT molecular complexity index is 299. The Kier molecular flexibility index (Phi) is 2.27. The summed E-state index contributed by atoms with van der Waals surface area (Å²) in [5.74, 6) is -0.0122. The lowest BCUT2D eigenvalue weighted by Gasteiger charge is -2.45. The summed E-state index contributed by atoms with van der Waals surface area (Å²) in [6.07, 6.45) is 5.64. The van der Waals surface area contributed by atoms with E-state index in [9.17, 15) is 4.79 Å². The molecule has 2 spiro atoms. The number of rotatable bonds is 0. The summed E-state index contributed by atoms with van der Waals surface area (Å²) in [7, 11) is 1.95. The van der Waals surface area contributed by atoms with Crippen LogP contribution in [0.4, 0.5) is 0 Å². The lowest BCUT2D eigenvalue weighted by atomic mass is 9.77. The second-order valence-corrected chi connectivity index (χ2v) is 5.28. The SMILES string of the molecule is CN1C(=O)CCC12CCC1(CC2)OCCO1. The van der Waals surface area contributed by atoms with Gasteiger partial charge in [-0.25, -0.2) is 0 Å². The molecule has 0 N–H and O–H groups in total. The third-order valence-electron chi connectivity index (χ3n) is 4.65. The summed E-state index contributed by atoms with van der Waals surface area (Å²) in [5, 5.41) is 0. The van der Waals surface area contributed by atoms with E-state index in [4.69, 9.17) is 9.47 Å². The molecule has 2 heterocycles. The fourth-order valence-corrected chi connectivity index (χ4v) is 3.41. The van der Waals surface area contributed by atoms with Crippen molar-refractivity contribution in [1.29, 1.82) is 0 Å². The highest BCUT2D eigenvalue weighted by atomic mass is 16.7. The molecule has 3 rings (SSSR count). The van der Waals surface area contributed by atoms with Crippen molar-refractivity contribution in [2.75, 3.05) is 20.3 Å². The molecule has 0 aromatic heterocycles. The molecule has 1 amide bonds. The van der Waals surface area contributed by atoms with Gasteiger partial charge in [0.25, 0.3) is 0 Å². The molecule has 0 atom stereocenters. The summed E-state index contributed by atoms with van der Waals surface area (Å²) in [6.45, 7) is 1.45. The van der Waals surface area contributed by atoms with Crippen molar-refractivity contribution in [1.82, 2.24) is 4.90 Å².